The number of amides is 3. The van der Waals surface area contributed by atoms with E-state index < -0.39 is 35.8 Å². The van der Waals surface area contributed by atoms with Crippen molar-refractivity contribution in [2.24, 2.45) is 17.2 Å². The number of hydroxylamine groups is 2. The van der Waals surface area contributed by atoms with E-state index in [1.807, 2.05) is 24.3 Å². The molecule has 2 aromatic carbocycles. The molecule has 8 N–H and O–H groups in total. The van der Waals surface area contributed by atoms with E-state index in [0.717, 1.165) is 10.0 Å². The van der Waals surface area contributed by atoms with E-state index in [0.29, 0.717) is 39.8 Å². The number of aromatic nitrogens is 2. The van der Waals surface area contributed by atoms with Gasteiger partial charge in [0, 0.05) is 46.6 Å². The van der Waals surface area contributed by atoms with Crippen LogP contribution in [-0.2, 0) is 9.59 Å². The Bertz CT molecular complexity index is 1320. The molecule has 1 aliphatic heterocycles. The number of hydrogen-bond donors (Lipinski definition) is 5. The molecule has 1 aromatic heterocycles. The number of imidazole rings is 1. The second-order valence-corrected chi connectivity index (χ2v) is 10.7. The molecular weight excluding hydrogens is 562 g/mol. The van der Waals surface area contributed by atoms with Crippen LogP contribution in [0.3, 0.4) is 0 Å². The van der Waals surface area contributed by atoms with Gasteiger partial charge in [-0.05, 0) is 24.3 Å². The maximum absolute atomic E-state index is 13.4. The first kappa shape index (κ1) is 27.1. The van der Waals surface area contributed by atoms with Crippen LogP contribution in [0.2, 0.25) is 0 Å². The second-order valence-electron chi connectivity index (χ2n) is 8.72. The van der Waals surface area contributed by atoms with Crippen LogP contribution in [0.4, 0.5) is 0 Å². The Hall–Kier alpha value is -2.97. The van der Waals surface area contributed by atoms with Crippen molar-refractivity contribution in [3.63, 3.8) is 0 Å². The number of thioether (sulfide) groups is 1. The number of hydrogen-bond acceptors (Lipinski definition) is 8. The quantitative estimate of drug-likeness (QED) is 0.140. The van der Waals surface area contributed by atoms with Crippen LogP contribution in [0.15, 0.2) is 46.9 Å². The molecule has 3 atom stereocenters. The minimum Gasteiger partial charge on any atom is -0.368 e. The number of rotatable bonds is 9. The zero-order valence-corrected chi connectivity index (χ0v) is 22.2. The zero-order chi connectivity index (χ0) is 26.7. The molecule has 11 nitrogen and oxygen atoms in total. The van der Waals surface area contributed by atoms with E-state index >= 15 is 0 Å². The number of carbonyl (C=O) groups excluding carboxylic acids is 3. The van der Waals surface area contributed by atoms with Crippen LogP contribution in [-0.4, -0.2) is 85.6 Å². The smallest absolute Gasteiger partial charge is 0.263 e. The molecule has 3 aromatic rings. The van der Waals surface area contributed by atoms with Gasteiger partial charge in [-0.3, -0.25) is 19.6 Å². The maximum Gasteiger partial charge on any atom is 0.263 e. The van der Waals surface area contributed by atoms with Gasteiger partial charge in [-0.15, -0.1) is 0 Å². The van der Waals surface area contributed by atoms with E-state index in [-0.39, 0.29) is 18.7 Å². The molecule has 37 heavy (non-hydrogen) atoms. The summed E-state index contributed by atoms with van der Waals surface area (Å²) in [6, 6.07) is 9.86. The lowest BCUT2D eigenvalue weighted by atomic mass is 10.1. The van der Waals surface area contributed by atoms with Crippen LogP contribution in [0.5, 0.6) is 0 Å². The first-order valence-electron chi connectivity index (χ1n) is 11.6. The third kappa shape index (κ3) is 5.80. The fraction of sp³-hybridized carbons (Fsp3) is 0.333. The second kappa shape index (κ2) is 11.6. The van der Waals surface area contributed by atoms with Crippen molar-refractivity contribution in [2.75, 3.05) is 24.6 Å². The third-order valence-electron chi connectivity index (χ3n) is 6.17. The van der Waals surface area contributed by atoms with E-state index in [1.165, 1.54) is 16.7 Å². The van der Waals surface area contributed by atoms with Crippen LogP contribution in [0.25, 0.3) is 22.4 Å². The molecule has 1 unspecified atom stereocenters. The van der Waals surface area contributed by atoms with Crippen molar-refractivity contribution in [1.29, 1.82) is 0 Å². The Morgan fingerprint density at radius 1 is 1.27 bits per heavy atom. The van der Waals surface area contributed by atoms with Crippen LogP contribution in [0, 0.1) is 0 Å². The van der Waals surface area contributed by atoms with E-state index in [4.69, 9.17) is 17.2 Å². The molecule has 4 rings (SSSR count). The van der Waals surface area contributed by atoms with Crippen molar-refractivity contribution >= 4 is 56.4 Å². The predicted octanol–water partition coefficient (Wildman–Crippen LogP) is 1.30. The SMILES string of the molecule is NCCSC[C@H](N)C(=O)N(O)C1C[C@@H](C(N)=O)N(C(=O)c2ccc3nc(-c4ccccc4Br)[nH]c3c2)C1. The minimum absolute atomic E-state index is 0.00442. The van der Waals surface area contributed by atoms with Gasteiger partial charge in [0.25, 0.3) is 11.8 Å². The molecule has 2 heterocycles. The Morgan fingerprint density at radius 3 is 2.73 bits per heavy atom. The van der Waals surface area contributed by atoms with Gasteiger partial charge in [0.1, 0.15) is 11.9 Å². The fourth-order valence-corrected chi connectivity index (χ4v) is 5.49. The molecule has 0 radical (unpaired) electrons. The van der Waals surface area contributed by atoms with Gasteiger partial charge in [0.2, 0.25) is 5.91 Å². The highest BCUT2D eigenvalue weighted by Gasteiger charge is 2.43. The summed E-state index contributed by atoms with van der Waals surface area (Å²) in [5, 5.41) is 11.1. The monoisotopic (exact) mass is 589 g/mol. The predicted molar refractivity (Wildman–Crippen MR) is 145 cm³/mol. The molecule has 196 valence electrons. The van der Waals surface area contributed by atoms with Crippen LogP contribution >= 0.6 is 27.7 Å². The van der Waals surface area contributed by atoms with Gasteiger partial charge in [0.05, 0.1) is 23.1 Å². The Balaban J connectivity index is 1.53. The highest BCUT2D eigenvalue weighted by Crippen LogP contribution is 2.29. The molecule has 1 aliphatic rings. The largest absolute Gasteiger partial charge is 0.368 e. The Labute approximate surface area is 225 Å². The number of halogens is 1. The lowest BCUT2D eigenvalue weighted by Gasteiger charge is -2.25. The molecule has 13 heteroatoms. The normalized spacial score (nSPS) is 18.2. The van der Waals surface area contributed by atoms with Gasteiger partial charge < -0.3 is 27.1 Å². The summed E-state index contributed by atoms with van der Waals surface area (Å²) in [4.78, 5) is 47.3. The number of likely N-dealkylation sites (tertiary alicyclic amines) is 1. The van der Waals surface area contributed by atoms with Gasteiger partial charge in [-0.2, -0.15) is 11.8 Å². The highest BCUT2D eigenvalue weighted by atomic mass is 79.9. The number of fused-ring (bicyclic) bond motifs is 1. The van der Waals surface area contributed by atoms with E-state index in [2.05, 4.69) is 25.9 Å². The molecule has 0 bridgehead atoms. The number of aromatic amines is 1. The van der Waals surface area contributed by atoms with Gasteiger partial charge in [0.15, 0.2) is 0 Å². The summed E-state index contributed by atoms with van der Waals surface area (Å²) in [5.41, 5.74) is 19.4. The topological polar surface area (TPSA) is 185 Å². The number of carbonyl (C=O) groups is 3. The summed E-state index contributed by atoms with van der Waals surface area (Å²) in [6.07, 6.45) is 0.00442. The molecule has 3 amide bonds. The van der Waals surface area contributed by atoms with E-state index in [9.17, 15) is 19.6 Å². The van der Waals surface area contributed by atoms with Crippen LogP contribution < -0.4 is 17.2 Å². The average molecular weight is 591 g/mol. The standard InChI is InChI=1S/C24H28BrN7O4S/c25-16-4-2-1-3-15(16)22-29-18-6-5-13(9-19(18)30-22)23(34)31-11-14(10-20(31)21(28)33)32(36)24(35)17(27)12-37-8-7-26/h1-6,9,14,17,20,36H,7-8,10-12,26-27H2,(H2,28,33)(H,29,30)/t14?,17-,20-/m0/s1. The molecular formula is C24H28BrN7O4S. The highest BCUT2D eigenvalue weighted by molar-refractivity contribution is 9.10. The number of nitrogens with zero attached hydrogens (tertiary/aromatic N) is 3. The van der Waals surface area contributed by atoms with Crippen molar-refractivity contribution in [2.45, 2.75) is 24.5 Å². The number of benzene rings is 2. The van der Waals surface area contributed by atoms with Gasteiger partial charge >= 0.3 is 0 Å². The van der Waals surface area contributed by atoms with E-state index in [1.54, 1.807) is 18.2 Å². The third-order valence-corrected chi connectivity index (χ3v) is 7.99. The Kier molecular flexibility index (Phi) is 8.49. The van der Waals surface area contributed by atoms with Crippen molar-refractivity contribution in [1.82, 2.24) is 19.9 Å². The Morgan fingerprint density at radius 2 is 2.03 bits per heavy atom. The van der Waals surface area contributed by atoms with Crippen molar-refractivity contribution < 1.29 is 19.6 Å². The lowest BCUT2D eigenvalue weighted by molar-refractivity contribution is -0.175. The summed E-state index contributed by atoms with van der Waals surface area (Å²) in [6.45, 7) is 0.379. The number of nitrogens with two attached hydrogens (primary N) is 3. The van der Waals surface area contributed by atoms with Crippen molar-refractivity contribution in [3.05, 3.63) is 52.5 Å². The van der Waals surface area contributed by atoms with Gasteiger partial charge in [-0.25, -0.2) is 10.0 Å². The first-order chi connectivity index (χ1) is 17.7. The summed E-state index contributed by atoms with van der Waals surface area (Å²) >= 11 is 4.92. The summed E-state index contributed by atoms with van der Waals surface area (Å²) < 4.78 is 0.874. The maximum atomic E-state index is 13.4. The number of primary amides is 1. The minimum atomic E-state index is -0.990. The molecule has 1 saturated heterocycles. The molecule has 0 aliphatic carbocycles. The summed E-state index contributed by atoms with van der Waals surface area (Å²) in [7, 11) is 0. The molecule has 1 fully saturated rings. The fourth-order valence-electron chi connectivity index (χ4n) is 4.29. The average Bonchev–Trinajstić information content (AvgIpc) is 3.52. The van der Waals surface area contributed by atoms with Crippen molar-refractivity contribution in [3.8, 4) is 11.4 Å². The summed E-state index contributed by atoms with van der Waals surface area (Å²) in [5.74, 6) is -0.309. The number of nitrogens with one attached hydrogen (secondary N) is 1. The van der Waals surface area contributed by atoms with Gasteiger partial charge in [-0.1, -0.05) is 34.1 Å². The van der Waals surface area contributed by atoms with Crippen LogP contribution in [0.1, 0.15) is 16.8 Å². The first-order valence-corrected chi connectivity index (χ1v) is 13.6. The lowest BCUT2D eigenvalue weighted by Crippen LogP contribution is -2.49. The zero-order valence-electron chi connectivity index (χ0n) is 19.8. The molecule has 0 spiro atoms. The number of H-pyrrole nitrogens is 1. The molecule has 0 saturated carbocycles.